The van der Waals surface area contributed by atoms with Gasteiger partial charge in [-0.05, 0) is 93.3 Å². The van der Waals surface area contributed by atoms with E-state index in [2.05, 4.69) is 17.2 Å². The van der Waals surface area contributed by atoms with Gasteiger partial charge in [0.25, 0.3) is 5.91 Å². The lowest BCUT2D eigenvalue weighted by molar-refractivity contribution is 0.0917. The molecule has 2 aromatic carbocycles. The first-order valence-electron chi connectivity index (χ1n) is 10.4. The largest absolute Gasteiger partial charge is 0.349 e. The number of hydrogen-bond donors (Lipinski definition) is 1. The SMILES string of the molecule is Cc1cccc(C(=O)N[C@H](C)C2CCC(c3ccnc4ccc(F)cc34)CC2)c1. The Hall–Kier alpha value is -2.75. The number of carbonyl (C=O) groups is 1. The van der Waals surface area contributed by atoms with Crippen LogP contribution in [0.5, 0.6) is 0 Å². The number of hydrogen-bond acceptors (Lipinski definition) is 2. The number of aryl methyl sites for hydroxylation is 1. The van der Waals surface area contributed by atoms with Gasteiger partial charge in [0.05, 0.1) is 5.52 Å². The Labute approximate surface area is 171 Å². The number of nitrogens with zero attached hydrogens (tertiary/aromatic N) is 1. The minimum Gasteiger partial charge on any atom is -0.349 e. The Balaban J connectivity index is 1.41. The van der Waals surface area contributed by atoms with Crippen LogP contribution in [0.2, 0.25) is 0 Å². The summed E-state index contributed by atoms with van der Waals surface area (Å²) in [5.41, 5.74) is 3.86. The van der Waals surface area contributed by atoms with Crippen LogP contribution in [-0.2, 0) is 0 Å². The molecule has 1 N–H and O–H groups in total. The number of rotatable bonds is 4. The molecule has 0 saturated heterocycles. The van der Waals surface area contributed by atoms with Crippen molar-refractivity contribution in [2.75, 3.05) is 0 Å². The van der Waals surface area contributed by atoms with Crippen molar-refractivity contribution < 1.29 is 9.18 Å². The fourth-order valence-corrected chi connectivity index (χ4v) is 4.62. The van der Waals surface area contributed by atoms with Crippen molar-refractivity contribution in [2.45, 2.75) is 51.5 Å². The van der Waals surface area contributed by atoms with Gasteiger partial charge in [-0.3, -0.25) is 9.78 Å². The Kier molecular flexibility index (Phi) is 5.61. The molecule has 0 spiro atoms. The number of amides is 1. The summed E-state index contributed by atoms with van der Waals surface area (Å²) < 4.78 is 13.8. The Morgan fingerprint density at radius 1 is 1.10 bits per heavy atom. The van der Waals surface area contributed by atoms with Gasteiger partial charge in [0.1, 0.15) is 5.82 Å². The zero-order valence-corrected chi connectivity index (χ0v) is 17.0. The first kappa shape index (κ1) is 19.6. The maximum atomic E-state index is 13.8. The number of benzene rings is 2. The second kappa shape index (κ2) is 8.32. The van der Waals surface area contributed by atoms with Gasteiger partial charge in [-0.25, -0.2) is 4.39 Å². The number of halogens is 1. The highest BCUT2D eigenvalue weighted by Crippen LogP contribution is 2.39. The standard InChI is InChI=1S/C25H27FN2O/c1-16-4-3-5-20(14-16)25(29)28-17(2)18-6-8-19(9-7-18)22-12-13-27-24-11-10-21(26)15-23(22)24/h3-5,10-15,17-19H,6-9H2,1-2H3,(H,28,29)/t17-,18?,19?/m1/s1. The molecule has 150 valence electrons. The van der Waals surface area contributed by atoms with Crippen LogP contribution in [0.3, 0.4) is 0 Å². The van der Waals surface area contributed by atoms with E-state index in [0.29, 0.717) is 11.8 Å². The van der Waals surface area contributed by atoms with Gasteiger partial charge >= 0.3 is 0 Å². The molecule has 0 radical (unpaired) electrons. The quantitative estimate of drug-likeness (QED) is 0.614. The minimum atomic E-state index is -0.215. The van der Waals surface area contributed by atoms with E-state index in [1.807, 2.05) is 43.5 Å². The number of pyridine rings is 1. The highest BCUT2D eigenvalue weighted by atomic mass is 19.1. The van der Waals surface area contributed by atoms with E-state index in [1.54, 1.807) is 12.1 Å². The van der Waals surface area contributed by atoms with E-state index in [4.69, 9.17) is 0 Å². The van der Waals surface area contributed by atoms with E-state index in [-0.39, 0.29) is 17.8 Å². The maximum Gasteiger partial charge on any atom is 0.251 e. The van der Waals surface area contributed by atoms with E-state index >= 15 is 0 Å². The van der Waals surface area contributed by atoms with Gasteiger partial charge in [-0.2, -0.15) is 0 Å². The van der Waals surface area contributed by atoms with E-state index in [9.17, 15) is 9.18 Å². The molecular formula is C25H27FN2O. The van der Waals surface area contributed by atoms with Crippen LogP contribution in [0, 0.1) is 18.7 Å². The monoisotopic (exact) mass is 390 g/mol. The molecule has 1 amide bonds. The molecule has 0 bridgehead atoms. The van der Waals surface area contributed by atoms with Crippen LogP contribution in [0.25, 0.3) is 10.9 Å². The molecule has 1 saturated carbocycles. The minimum absolute atomic E-state index is 0.000994. The molecule has 1 aromatic heterocycles. The number of aromatic nitrogens is 1. The first-order valence-corrected chi connectivity index (χ1v) is 10.4. The second-order valence-electron chi connectivity index (χ2n) is 8.30. The summed E-state index contributed by atoms with van der Waals surface area (Å²) in [6.45, 7) is 4.10. The summed E-state index contributed by atoms with van der Waals surface area (Å²) >= 11 is 0. The second-order valence-corrected chi connectivity index (χ2v) is 8.30. The molecule has 1 fully saturated rings. The van der Waals surface area contributed by atoms with Crippen molar-refractivity contribution >= 4 is 16.8 Å². The molecule has 29 heavy (non-hydrogen) atoms. The average Bonchev–Trinajstić information content (AvgIpc) is 2.73. The predicted molar refractivity (Wildman–Crippen MR) is 115 cm³/mol. The molecule has 1 aliphatic rings. The van der Waals surface area contributed by atoms with Crippen LogP contribution in [0.1, 0.15) is 60.0 Å². The van der Waals surface area contributed by atoms with Gasteiger partial charge in [0.15, 0.2) is 0 Å². The molecule has 0 unspecified atom stereocenters. The molecule has 3 aromatic rings. The van der Waals surface area contributed by atoms with Crippen molar-refractivity contribution in [3.05, 3.63) is 77.2 Å². The van der Waals surface area contributed by atoms with Crippen LogP contribution in [0.4, 0.5) is 4.39 Å². The van der Waals surface area contributed by atoms with E-state index in [0.717, 1.165) is 47.7 Å². The molecule has 4 heteroatoms. The smallest absolute Gasteiger partial charge is 0.251 e. The Morgan fingerprint density at radius 3 is 2.66 bits per heavy atom. The summed E-state index contributed by atoms with van der Waals surface area (Å²) in [6.07, 6.45) is 6.03. The van der Waals surface area contributed by atoms with Gasteiger partial charge < -0.3 is 5.32 Å². The molecule has 1 atom stereocenters. The fraction of sp³-hybridized carbons (Fsp3) is 0.360. The summed E-state index contributed by atoms with van der Waals surface area (Å²) in [7, 11) is 0. The fourth-order valence-electron chi connectivity index (χ4n) is 4.62. The van der Waals surface area contributed by atoms with Gasteiger partial charge in [0, 0.05) is 23.2 Å². The van der Waals surface area contributed by atoms with Gasteiger partial charge in [-0.1, -0.05) is 17.7 Å². The number of fused-ring (bicyclic) bond motifs is 1. The Bertz CT molecular complexity index is 1020. The van der Waals surface area contributed by atoms with E-state index < -0.39 is 0 Å². The highest BCUT2D eigenvalue weighted by molar-refractivity contribution is 5.94. The normalized spacial score (nSPS) is 20.4. The summed E-state index contributed by atoms with van der Waals surface area (Å²) in [5, 5.41) is 4.11. The van der Waals surface area contributed by atoms with Crippen LogP contribution in [-0.4, -0.2) is 16.9 Å². The molecule has 3 nitrogen and oxygen atoms in total. The summed E-state index contributed by atoms with van der Waals surface area (Å²) in [6, 6.07) is 14.7. The third-order valence-electron chi connectivity index (χ3n) is 6.30. The molecular weight excluding hydrogens is 363 g/mol. The van der Waals surface area contributed by atoms with Crippen LogP contribution < -0.4 is 5.32 Å². The predicted octanol–water partition coefficient (Wildman–Crippen LogP) is 5.77. The van der Waals surface area contributed by atoms with Crippen LogP contribution >= 0.6 is 0 Å². The molecule has 1 heterocycles. The van der Waals surface area contributed by atoms with Gasteiger partial charge in [-0.15, -0.1) is 0 Å². The maximum absolute atomic E-state index is 13.8. The molecule has 1 aliphatic carbocycles. The number of nitrogens with one attached hydrogen (secondary N) is 1. The number of carbonyl (C=O) groups excluding carboxylic acids is 1. The molecule has 4 rings (SSSR count). The zero-order chi connectivity index (χ0) is 20.4. The third kappa shape index (κ3) is 4.31. The average molecular weight is 391 g/mol. The summed E-state index contributed by atoms with van der Waals surface area (Å²) in [5.74, 6) is 0.662. The van der Waals surface area contributed by atoms with Crippen molar-refractivity contribution in [3.8, 4) is 0 Å². The van der Waals surface area contributed by atoms with Crippen molar-refractivity contribution in [1.82, 2.24) is 10.3 Å². The van der Waals surface area contributed by atoms with E-state index in [1.165, 1.54) is 11.6 Å². The Morgan fingerprint density at radius 2 is 1.90 bits per heavy atom. The van der Waals surface area contributed by atoms with Crippen LogP contribution in [0.15, 0.2) is 54.7 Å². The molecule has 0 aliphatic heterocycles. The van der Waals surface area contributed by atoms with Crippen molar-refractivity contribution in [3.63, 3.8) is 0 Å². The van der Waals surface area contributed by atoms with Gasteiger partial charge in [0.2, 0.25) is 0 Å². The topological polar surface area (TPSA) is 42.0 Å². The zero-order valence-electron chi connectivity index (χ0n) is 17.0. The third-order valence-corrected chi connectivity index (χ3v) is 6.30. The first-order chi connectivity index (χ1) is 14.0. The van der Waals surface area contributed by atoms with Crippen molar-refractivity contribution in [2.24, 2.45) is 5.92 Å². The lowest BCUT2D eigenvalue weighted by Gasteiger charge is -2.33. The van der Waals surface area contributed by atoms with Crippen molar-refractivity contribution in [1.29, 1.82) is 0 Å². The highest BCUT2D eigenvalue weighted by Gasteiger charge is 2.28. The lowest BCUT2D eigenvalue weighted by Crippen LogP contribution is -2.39. The lowest BCUT2D eigenvalue weighted by atomic mass is 9.75. The summed E-state index contributed by atoms with van der Waals surface area (Å²) in [4.78, 5) is 16.9.